The fourth-order valence-electron chi connectivity index (χ4n) is 3.69. The molecular weight excluding hydrogens is 458 g/mol. The second kappa shape index (κ2) is 17.1. The lowest BCUT2D eigenvalue weighted by Crippen LogP contribution is -2.45. The highest BCUT2D eigenvalue weighted by molar-refractivity contribution is 5.78. The van der Waals surface area contributed by atoms with E-state index in [2.05, 4.69) is 12.2 Å². The fraction of sp³-hybridized carbons (Fsp3) is 0.500. The van der Waals surface area contributed by atoms with Crippen molar-refractivity contribution in [1.29, 1.82) is 0 Å². The number of nitrogens with one attached hydrogen (secondary N) is 1. The van der Waals surface area contributed by atoms with Gasteiger partial charge in [0.05, 0.1) is 6.67 Å². The van der Waals surface area contributed by atoms with Crippen molar-refractivity contribution in [1.82, 2.24) is 10.2 Å². The molecule has 36 heavy (non-hydrogen) atoms. The highest BCUT2D eigenvalue weighted by Crippen LogP contribution is 2.25. The maximum Gasteiger partial charge on any atom is 0.316 e. The zero-order valence-corrected chi connectivity index (χ0v) is 21.4. The van der Waals surface area contributed by atoms with Crippen LogP contribution in [0.3, 0.4) is 0 Å². The second-order valence-electron chi connectivity index (χ2n) is 8.90. The number of rotatable bonds is 18. The van der Waals surface area contributed by atoms with E-state index in [4.69, 9.17) is 15.2 Å². The number of carbonyl (C=O) groups is 2. The molecule has 3 amide bonds. The Morgan fingerprint density at radius 3 is 1.86 bits per heavy atom. The number of phenols is 1. The number of hydrogen-bond donors (Lipinski definition) is 3. The van der Waals surface area contributed by atoms with Crippen LogP contribution in [0, 0.1) is 0 Å². The van der Waals surface area contributed by atoms with Crippen LogP contribution in [0.5, 0.6) is 23.0 Å². The summed E-state index contributed by atoms with van der Waals surface area (Å²) in [6.45, 7) is 2.64. The Kier molecular flexibility index (Phi) is 13.7. The van der Waals surface area contributed by atoms with E-state index in [1.807, 2.05) is 0 Å². The number of hydrogen-bond acceptors (Lipinski definition) is 5. The molecule has 0 saturated carbocycles. The Bertz CT molecular complexity index is 887. The molecule has 0 spiro atoms. The smallest absolute Gasteiger partial charge is 0.316 e. The third-order valence-corrected chi connectivity index (χ3v) is 5.83. The Morgan fingerprint density at radius 1 is 0.806 bits per heavy atom. The number of carbonyl (C=O) groups excluding carboxylic acids is 2. The lowest BCUT2D eigenvalue weighted by molar-refractivity contribution is -0.123. The predicted molar refractivity (Wildman–Crippen MR) is 141 cm³/mol. The maximum atomic E-state index is 12.2. The number of aromatic hydroxyl groups is 1. The van der Waals surface area contributed by atoms with E-state index in [0.717, 1.165) is 19.3 Å². The van der Waals surface area contributed by atoms with Crippen LogP contribution in [0.2, 0.25) is 0 Å². The van der Waals surface area contributed by atoms with Crippen molar-refractivity contribution in [2.24, 2.45) is 5.73 Å². The number of nitrogens with two attached hydrogens (primary N) is 1. The maximum absolute atomic E-state index is 12.2. The lowest BCUT2D eigenvalue weighted by Gasteiger charge is -2.20. The molecule has 0 bridgehead atoms. The molecule has 0 radical (unpaired) electrons. The average molecular weight is 500 g/mol. The van der Waals surface area contributed by atoms with Crippen LogP contribution in [-0.4, -0.2) is 41.8 Å². The molecule has 2 aromatic rings. The van der Waals surface area contributed by atoms with Crippen LogP contribution in [0.15, 0.2) is 48.5 Å². The summed E-state index contributed by atoms with van der Waals surface area (Å²) < 4.78 is 11.2. The molecule has 0 aliphatic carbocycles. The van der Waals surface area contributed by atoms with Crippen LogP contribution in [0.1, 0.15) is 71.1 Å². The Balaban J connectivity index is 1.59. The molecule has 4 N–H and O–H groups in total. The summed E-state index contributed by atoms with van der Waals surface area (Å²) in [5, 5.41) is 12.0. The molecule has 0 aromatic heterocycles. The van der Waals surface area contributed by atoms with Gasteiger partial charge in [0.25, 0.3) is 5.91 Å². The molecule has 8 nitrogen and oxygen atoms in total. The monoisotopic (exact) mass is 499 g/mol. The minimum absolute atomic E-state index is 0.0639. The number of primary amides is 1. The van der Waals surface area contributed by atoms with Gasteiger partial charge in [-0.2, -0.15) is 0 Å². The third-order valence-electron chi connectivity index (χ3n) is 5.83. The highest BCUT2D eigenvalue weighted by atomic mass is 16.5. The molecule has 0 heterocycles. The van der Waals surface area contributed by atoms with Gasteiger partial charge in [-0.25, -0.2) is 4.79 Å². The molecule has 0 atom stereocenters. The standard InChI is InChI=1S/C28H41N3O5/c1-2-3-4-5-6-7-8-9-10-11-20-31(28(29)34)22-30-27(33)21-35-24-16-18-26(19-17-24)36-25-14-12-23(32)13-15-25/h12-19,32H,2-11,20-22H2,1H3,(H2,29,34)(H,30,33). The lowest BCUT2D eigenvalue weighted by atomic mass is 10.1. The first-order valence-corrected chi connectivity index (χ1v) is 13.0. The third kappa shape index (κ3) is 12.3. The number of amides is 3. The normalized spacial score (nSPS) is 10.6. The van der Waals surface area contributed by atoms with Crippen LogP contribution < -0.4 is 20.5 Å². The summed E-state index contributed by atoms with van der Waals surface area (Å²) in [4.78, 5) is 25.3. The topological polar surface area (TPSA) is 114 Å². The summed E-state index contributed by atoms with van der Waals surface area (Å²) >= 11 is 0. The number of nitrogens with zero attached hydrogens (tertiary/aromatic N) is 1. The summed E-state index contributed by atoms with van der Waals surface area (Å²) in [5.74, 6) is 1.54. The number of unbranched alkanes of at least 4 members (excludes halogenated alkanes) is 9. The van der Waals surface area contributed by atoms with E-state index in [1.54, 1.807) is 48.5 Å². The van der Waals surface area contributed by atoms with Crippen molar-refractivity contribution < 1.29 is 24.2 Å². The Labute approximate surface area is 214 Å². The van der Waals surface area contributed by atoms with E-state index in [1.165, 1.54) is 49.8 Å². The number of benzene rings is 2. The van der Waals surface area contributed by atoms with Crippen molar-refractivity contribution in [2.75, 3.05) is 19.8 Å². The first-order chi connectivity index (χ1) is 17.5. The minimum Gasteiger partial charge on any atom is -0.508 e. The van der Waals surface area contributed by atoms with E-state index in [-0.39, 0.29) is 24.9 Å². The number of ether oxygens (including phenoxy) is 2. The molecular formula is C28H41N3O5. The first kappa shape index (κ1) is 28.8. The largest absolute Gasteiger partial charge is 0.508 e. The van der Waals surface area contributed by atoms with Crippen LogP contribution >= 0.6 is 0 Å². The van der Waals surface area contributed by atoms with Gasteiger partial charge in [-0.15, -0.1) is 0 Å². The van der Waals surface area contributed by atoms with Gasteiger partial charge in [0.2, 0.25) is 0 Å². The molecule has 0 saturated heterocycles. The van der Waals surface area contributed by atoms with Crippen molar-refractivity contribution >= 4 is 11.9 Å². The fourth-order valence-corrected chi connectivity index (χ4v) is 3.69. The van der Waals surface area contributed by atoms with E-state index >= 15 is 0 Å². The minimum atomic E-state index is -0.545. The highest BCUT2D eigenvalue weighted by Gasteiger charge is 2.11. The average Bonchev–Trinajstić information content (AvgIpc) is 2.87. The molecule has 8 heteroatoms. The number of phenolic OH excluding ortho intramolecular Hbond substituents is 1. The van der Waals surface area contributed by atoms with Gasteiger partial charge < -0.3 is 30.5 Å². The van der Waals surface area contributed by atoms with Crippen LogP contribution in [-0.2, 0) is 4.79 Å². The van der Waals surface area contributed by atoms with Crippen molar-refractivity contribution in [3.63, 3.8) is 0 Å². The second-order valence-corrected chi connectivity index (χ2v) is 8.90. The van der Waals surface area contributed by atoms with Gasteiger partial charge >= 0.3 is 6.03 Å². The first-order valence-electron chi connectivity index (χ1n) is 13.0. The zero-order valence-electron chi connectivity index (χ0n) is 21.4. The molecule has 2 aromatic carbocycles. The summed E-state index contributed by atoms with van der Waals surface area (Å²) in [6.07, 6.45) is 12.1. The molecule has 2 rings (SSSR count). The van der Waals surface area contributed by atoms with Gasteiger partial charge in [-0.3, -0.25) is 4.79 Å². The van der Waals surface area contributed by atoms with Crippen LogP contribution in [0.25, 0.3) is 0 Å². The van der Waals surface area contributed by atoms with E-state index < -0.39 is 6.03 Å². The summed E-state index contributed by atoms with van der Waals surface area (Å²) in [5.41, 5.74) is 5.47. The van der Waals surface area contributed by atoms with Crippen molar-refractivity contribution in [3.05, 3.63) is 48.5 Å². The van der Waals surface area contributed by atoms with Gasteiger partial charge in [-0.05, 0) is 55.0 Å². The van der Waals surface area contributed by atoms with Gasteiger partial charge in [0, 0.05) is 6.54 Å². The zero-order chi connectivity index (χ0) is 26.0. The van der Waals surface area contributed by atoms with E-state index in [9.17, 15) is 14.7 Å². The van der Waals surface area contributed by atoms with Gasteiger partial charge in [0.15, 0.2) is 6.61 Å². The molecule has 0 aliphatic rings. The SMILES string of the molecule is CCCCCCCCCCCCN(CNC(=O)COc1ccc(Oc2ccc(O)cc2)cc1)C(N)=O. The van der Waals surface area contributed by atoms with E-state index in [0.29, 0.717) is 23.8 Å². The summed E-state index contributed by atoms with van der Waals surface area (Å²) in [7, 11) is 0. The molecule has 0 unspecified atom stereocenters. The summed E-state index contributed by atoms with van der Waals surface area (Å²) in [6, 6.07) is 12.7. The molecule has 0 aliphatic heterocycles. The molecule has 198 valence electrons. The quantitative estimate of drug-likeness (QED) is 0.173. The van der Waals surface area contributed by atoms with Crippen molar-refractivity contribution in [2.45, 2.75) is 71.1 Å². The van der Waals surface area contributed by atoms with Gasteiger partial charge in [-0.1, -0.05) is 64.7 Å². The predicted octanol–water partition coefficient (Wildman–Crippen LogP) is 5.94. The van der Waals surface area contributed by atoms with Crippen LogP contribution in [0.4, 0.5) is 4.79 Å². The Morgan fingerprint density at radius 2 is 1.31 bits per heavy atom. The van der Waals surface area contributed by atoms with Gasteiger partial charge in [0.1, 0.15) is 23.0 Å². The Hall–Kier alpha value is -3.42. The van der Waals surface area contributed by atoms with Crippen molar-refractivity contribution in [3.8, 4) is 23.0 Å². The number of urea groups is 1. The molecule has 0 fully saturated rings.